The Morgan fingerprint density at radius 2 is 2.39 bits per heavy atom. The Morgan fingerprint density at radius 3 is 2.94 bits per heavy atom. The first-order valence-corrected chi connectivity index (χ1v) is 6.14. The monoisotopic (exact) mass is 249 g/mol. The maximum Gasteiger partial charge on any atom is 0.246 e. The van der Waals surface area contributed by atoms with E-state index in [1.165, 1.54) is 0 Å². The Bertz CT molecular complexity index is 404. The van der Waals surface area contributed by atoms with Gasteiger partial charge < -0.3 is 15.4 Å². The molecule has 98 valence electrons. The number of carbonyl (C=O) groups is 1. The van der Waals surface area contributed by atoms with Gasteiger partial charge in [0.2, 0.25) is 5.91 Å². The highest BCUT2D eigenvalue weighted by molar-refractivity contribution is 5.77. The van der Waals surface area contributed by atoms with E-state index < -0.39 is 0 Å². The second-order valence-electron chi connectivity index (χ2n) is 4.89. The van der Waals surface area contributed by atoms with Crippen LogP contribution in [0.3, 0.4) is 0 Å². The van der Waals surface area contributed by atoms with Gasteiger partial charge in [-0.25, -0.2) is 0 Å². The normalized spacial score (nSPS) is 18.8. The first-order valence-electron chi connectivity index (χ1n) is 6.14. The molecule has 2 N–H and O–H groups in total. The molecule has 0 aliphatic carbocycles. The van der Waals surface area contributed by atoms with Crippen LogP contribution in [0, 0.1) is 0 Å². The molecule has 18 heavy (non-hydrogen) atoms. The van der Waals surface area contributed by atoms with Gasteiger partial charge in [0, 0.05) is 19.3 Å². The molecule has 1 aromatic heterocycles. The Balaban J connectivity index is 1.77. The van der Waals surface area contributed by atoms with Gasteiger partial charge in [-0.3, -0.25) is 9.78 Å². The van der Waals surface area contributed by atoms with Gasteiger partial charge in [-0.15, -0.1) is 0 Å². The van der Waals surface area contributed by atoms with E-state index in [1.807, 2.05) is 32.0 Å². The number of nitrogens with one attached hydrogen (secondary N) is 2. The van der Waals surface area contributed by atoms with Crippen LogP contribution in [-0.2, 0) is 9.53 Å². The molecule has 0 radical (unpaired) electrons. The van der Waals surface area contributed by atoms with Gasteiger partial charge in [0.25, 0.3) is 0 Å². The molecule has 1 aromatic rings. The Kier molecular flexibility index (Phi) is 3.93. The zero-order chi connectivity index (χ0) is 13.0. The minimum atomic E-state index is -0.189. The van der Waals surface area contributed by atoms with E-state index in [1.54, 1.807) is 6.20 Å². The van der Waals surface area contributed by atoms with Crippen LogP contribution in [0.4, 0.5) is 0 Å². The topological polar surface area (TPSA) is 63.2 Å². The van der Waals surface area contributed by atoms with Crippen LogP contribution < -0.4 is 10.6 Å². The smallest absolute Gasteiger partial charge is 0.246 e. The lowest BCUT2D eigenvalue weighted by atomic mass is 10.0. The van der Waals surface area contributed by atoms with Crippen LogP contribution in [0.15, 0.2) is 24.4 Å². The molecule has 0 spiro atoms. The van der Waals surface area contributed by atoms with Crippen molar-refractivity contribution < 1.29 is 9.53 Å². The van der Waals surface area contributed by atoms with E-state index >= 15 is 0 Å². The van der Waals surface area contributed by atoms with Gasteiger partial charge in [-0.05, 0) is 26.0 Å². The fourth-order valence-corrected chi connectivity index (χ4v) is 1.81. The Hall–Kier alpha value is -1.46. The molecule has 1 saturated heterocycles. The molecule has 0 bridgehead atoms. The van der Waals surface area contributed by atoms with Crippen LogP contribution in [0.2, 0.25) is 0 Å². The average molecular weight is 249 g/mol. The van der Waals surface area contributed by atoms with Gasteiger partial charge in [0.15, 0.2) is 0 Å². The fraction of sp³-hybridized carbons (Fsp3) is 0.538. The van der Waals surface area contributed by atoms with E-state index in [9.17, 15) is 4.79 Å². The van der Waals surface area contributed by atoms with Crippen molar-refractivity contribution >= 4 is 5.91 Å². The molecular weight excluding hydrogens is 230 g/mol. The summed E-state index contributed by atoms with van der Waals surface area (Å²) >= 11 is 0. The van der Waals surface area contributed by atoms with E-state index in [0.717, 1.165) is 18.8 Å². The first-order chi connectivity index (χ1) is 8.59. The minimum Gasteiger partial charge on any atom is -0.363 e. The van der Waals surface area contributed by atoms with Crippen molar-refractivity contribution in [2.75, 3.05) is 19.7 Å². The van der Waals surface area contributed by atoms with E-state index in [0.29, 0.717) is 0 Å². The summed E-state index contributed by atoms with van der Waals surface area (Å²) in [7, 11) is 0. The molecule has 1 aliphatic heterocycles. The summed E-state index contributed by atoms with van der Waals surface area (Å²) in [6.45, 7) is 5.60. The third-order valence-electron chi connectivity index (χ3n) is 3.06. The summed E-state index contributed by atoms with van der Waals surface area (Å²) in [5.41, 5.74) is 0.661. The second kappa shape index (κ2) is 5.46. The second-order valence-corrected chi connectivity index (χ2v) is 4.89. The lowest BCUT2D eigenvalue weighted by molar-refractivity contribution is -0.136. The van der Waals surface area contributed by atoms with Crippen LogP contribution in [0.1, 0.15) is 25.6 Å². The van der Waals surface area contributed by atoms with Crippen molar-refractivity contribution in [3.05, 3.63) is 30.1 Å². The molecule has 2 rings (SSSR count). The third-order valence-corrected chi connectivity index (χ3v) is 3.06. The average Bonchev–Trinajstić information content (AvgIpc) is 2.35. The summed E-state index contributed by atoms with van der Waals surface area (Å²) in [6, 6.07) is 5.55. The van der Waals surface area contributed by atoms with Crippen molar-refractivity contribution in [2.24, 2.45) is 0 Å². The van der Waals surface area contributed by atoms with Crippen molar-refractivity contribution in [3.8, 4) is 0 Å². The molecule has 1 atom stereocenters. The summed E-state index contributed by atoms with van der Waals surface area (Å²) in [5, 5.41) is 6.00. The Morgan fingerprint density at radius 1 is 1.61 bits per heavy atom. The van der Waals surface area contributed by atoms with E-state index in [4.69, 9.17) is 4.74 Å². The highest BCUT2D eigenvalue weighted by Gasteiger charge is 2.33. The predicted octanol–water partition coefficient (Wildman–Crippen LogP) is 0.637. The van der Waals surface area contributed by atoms with Gasteiger partial charge in [0.05, 0.1) is 17.3 Å². The zero-order valence-corrected chi connectivity index (χ0v) is 10.8. The van der Waals surface area contributed by atoms with Gasteiger partial charge in [0.1, 0.15) is 6.61 Å². The molecule has 0 saturated carbocycles. The van der Waals surface area contributed by atoms with Crippen molar-refractivity contribution in [1.82, 2.24) is 15.6 Å². The van der Waals surface area contributed by atoms with Crippen molar-refractivity contribution in [1.29, 1.82) is 0 Å². The first kappa shape index (κ1) is 13.0. The molecule has 2 heterocycles. The maximum atomic E-state index is 11.7. The van der Waals surface area contributed by atoms with E-state index in [2.05, 4.69) is 15.6 Å². The molecule has 1 unspecified atom stereocenters. The lowest BCUT2D eigenvalue weighted by Crippen LogP contribution is -2.59. The molecular formula is C13H19N3O2. The standard InChI is InChI=1S/C13H19N3O2/c1-10(11-5-3-4-6-15-11)16-12(17)7-18-13(2)8-14-9-13/h3-6,10,14H,7-9H2,1-2H3,(H,16,17). The van der Waals surface area contributed by atoms with Crippen molar-refractivity contribution in [2.45, 2.75) is 25.5 Å². The third kappa shape index (κ3) is 3.27. The number of pyridine rings is 1. The maximum absolute atomic E-state index is 11.7. The quantitative estimate of drug-likeness (QED) is 0.803. The van der Waals surface area contributed by atoms with Gasteiger partial charge in [-0.1, -0.05) is 6.07 Å². The predicted molar refractivity (Wildman–Crippen MR) is 68.0 cm³/mol. The van der Waals surface area contributed by atoms with Crippen LogP contribution in [0.25, 0.3) is 0 Å². The number of rotatable bonds is 5. The summed E-state index contributed by atoms with van der Waals surface area (Å²) < 4.78 is 5.57. The molecule has 1 fully saturated rings. The summed E-state index contributed by atoms with van der Waals surface area (Å²) in [6.07, 6.45) is 1.72. The molecule has 1 aliphatic rings. The summed E-state index contributed by atoms with van der Waals surface area (Å²) in [5.74, 6) is -0.110. The number of aromatic nitrogens is 1. The van der Waals surface area contributed by atoms with E-state index in [-0.39, 0.29) is 24.2 Å². The highest BCUT2D eigenvalue weighted by Crippen LogP contribution is 2.15. The van der Waals surface area contributed by atoms with Gasteiger partial charge >= 0.3 is 0 Å². The molecule has 5 heteroatoms. The zero-order valence-electron chi connectivity index (χ0n) is 10.8. The fourth-order valence-electron chi connectivity index (χ4n) is 1.81. The van der Waals surface area contributed by atoms with Crippen LogP contribution >= 0.6 is 0 Å². The minimum absolute atomic E-state index is 0.0926. The highest BCUT2D eigenvalue weighted by atomic mass is 16.5. The number of amides is 1. The van der Waals surface area contributed by atoms with Crippen LogP contribution in [0.5, 0.6) is 0 Å². The lowest BCUT2D eigenvalue weighted by Gasteiger charge is -2.38. The number of hydrogen-bond acceptors (Lipinski definition) is 4. The number of ether oxygens (including phenoxy) is 1. The SMILES string of the molecule is CC(NC(=O)COC1(C)CNC1)c1ccccn1. The Labute approximate surface area is 107 Å². The molecule has 1 amide bonds. The number of carbonyl (C=O) groups excluding carboxylic acids is 1. The van der Waals surface area contributed by atoms with Crippen LogP contribution in [-0.4, -0.2) is 36.2 Å². The molecule has 0 aromatic carbocycles. The van der Waals surface area contributed by atoms with Gasteiger partial charge in [-0.2, -0.15) is 0 Å². The van der Waals surface area contributed by atoms with Crippen molar-refractivity contribution in [3.63, 3.8) is 0 Å². The number of hydrogen-bond donors (Lipinski definition) is 2. The molecule has 5 nitrogen and oxygen atoms in total. The number of nitrogens with zero attached hydrogens (tertiary/aromatic N) is 1. The summed E-state index contributed by atoms with van der Waals surface area (Å²) in [4.78, 5) is 15.9. The largest absolute Gasteiger partial charge is 0.363 e.